The van der Waals surface area contributed by atoms with Crippen molar-refractivity contribution >= 4 is 29.8 Å². The van der Waals surface area contributed by atoms with E-state index in [1.807, 2.05) is 0 Å². The van der Waals surface area contributed by atoms with Crippen molar-refractivity contribution in [2.75, 3.05) is 0 Å². The average Bonchev–Trinajstić information content (AvgIpc) is 2.72. The maximum absolute atomic E-state index is 12.3. The van der Waals surface area contributed by atoms with Crippen molar-refractivity contribution in [2.24, 2.45) is 0 Å². The molecule has 186 valence electrons. The standard InChI is InChI=1S/C22H32O11/c1-5-8-15(25)30-19-13(4)29-22(33-18(28)12-11-14(23)24)21(32-17(27)10-7-3)20(19)31-16(26)9-6-2/h11-13,19-22H,5-10H2,1-4H3,(H,23,24)/b12-11+/t13-,19+,20+,21-,22-/m0/s1. The fraction of sp³-hybridized carbons (Fsp3) is 0.682. The molecule has 1 aliphatic heterocycles. The van der Waals surface area contributed by atoms with Crippen LogP contribution in [0.2, 0.25) is 0 Å². The van der Waals surface area contributed by atoms with Crippen LogP contribution in [0.3, 0.4) is 0 Å². The minimum atomic E-state index is -1.53. The van der Waals surface area contributed by atoms with Gasteiger partial charge in [0, 0.05) is 31.4 Å². The van der Waals surface area contributed by atoms with E-state index in [0.29, 0.717) is 31.4 Å². The Balaban J connectivity index is 3.29. The van der Waals surface area contributed by atoms with E-state index in [9.17, 15) is 24.0 Å². The van der Waals surface area contributed by atoms with Crippen LogP contribution in [0.15, 0.2) is 12.2 Å². The molecule has 1 N–H and O–H groups in total. The van der Waals surface area contributed by atoms with Crippen LogP contribution in [0.25, 0.3) is 0 Å². The fourth-order valence-corrected chi connectivity index (χ4v) is 3.03. The van der Waals surface area contributed by atoms with Gasteiger partial charge >= 0.3 is 29.8 Å². The number of aliphatic carboxylic acids is 1. The quantitative estimate of drug-likeness (QED) is 0.252. The molecule has 0 unspecified atom stereocenters. The second-order valence-electron chi connectivity index (χ2n) is 7.43. The molecule has 0 saturated carbocycles. The van der Waals surface area contributed by atoms with Crippen molar-refractivity contribution in [3.8, 4) is 0 Å². The van der Waals surface area contributed by atoms with Gasteiger partial charge in [-0.3, -0.25) is 14.4 Å². The average molecular weight is 472 g/mol. The Kier molecular flexibility index (Phi) is 12.1. The molecule has 11 heteroatoms. The summed E-state index contributed by atoms with van der Waals surface area (Å²) in [6.45, 7) is 6.83. The highest BCUT2D eigenvalue weighted by Crippen LogP contribution is 2.30. The summed E-state index contributed by atoms with van der Waals surface area (Å²) < 4.78 is 27.2. The maximum atomic E-state index is 12.3. The summed E-state index contributed by atoms with van der Waals surface area (Å²) in [6, 6.07) is 0. The molecule has 0 aromatic heterocycles. The summed E-state index contributed by atoms with van der Waals surface area (Å²) in [5, 5.41) is 8.69. The molecule has 0 aromatic carbocycles. The van der Waals surface area contributed by atoms with E-state index in [1.54, 1.807) is 20.8 Å². The molecule has 1 rings (SSSR count). The van der Waals surface area contributed by atoms with Gasteiger partial charge in [-0.25, -0.2) is 9.59 Å². The number of carbonyl (C=O) groups is 5. The Morgan fingerprint density at radius 2 is 1.18 bits per heavy atom. The zero-order chi connectivity index (χ0) is 25.0. The molecular formula is C22H32O11. The van der Waals surface area contributed by atoms with Crippen molar-refractivity contribution in [1.82, 2.24) is 0 Å². The van der Waals surface area contributed by atoms with Gasteiger partial charge in [-0.05, 0) is 26.2 Å². The molecule has 0 aromatic rings. The first kappa shape index (κ1) is 28.1. The van der Waals surface area contributed by atoms with Crippen LogP contribution < -0.4 is 0 Å². The highest BCUT2D eigenvalue weighted by atomic mass is 16.7. The van der Waals surface area contributed by atoms with E-state index in [1.165, 1.54) is 6.92 Å². The molecule has 1 heterocycles. The smallest absolute Gasteiger partial charge is 0.333 e. The van der Waals surface area contributed by atoms with Gasteiger partial charge in [0.25, 0.3) is 0 Å². The predicted molar refractivity (Wildman–Crippen MR) is 112 cm³/mol. The second kappa shape index (κ2) is 14.2. The molecule has 0 aliphatic carbocycles. The first-order valence-corrected chi connectivity index (χ1v) is 11.0. The molecular weight excluding hydrogens is 440 g/mol. The first-order chi connectivity index (χ1) is 15.6. The number of esters is 4. The SMILES string of the molecule is CCCC(=O)O[C@H]1[C@H](OC(=O)CCC)[C@H](OC(=O)/C=C/C(=O)O)O[C@@H](C)[C@H]1OC(=O)CCC. The van der Waals surface area contributed by atoms with Gasteiger partial charge in [0.2, 0.25) is 12.4 Å². The van der Waals surface area contributed by atoms with E-state index in [4.69, 9.17) is 28.8 Å². The summed E-state index contributed by atoms with van der Waals surface area (Å²) in [5.41, 5.74) is 0. The number of hydrogen-bond acceptors (Lipinski definition) is 10. The lowest BCUT2D eigenvalue weighted by molar-refractivity contribution is -0.293. The topological polar surface area (TPSA) is 152 Å². The number of hydrogen-bond donors (Lipinski definition) is 1. The number of rotatable bonds is 12. The lowest BCUT2D eigenvalue weighted by atomic mass is 9.98. The van der Waals surface area contributed by atoms with Crippen molar-refractivity contribution in [3.05, 3.63) is 12.2 Å². The molecule has 33 heavy (non-hydrogen) atoms. The summed E-state index contributed by atoms with van der Waals surface area (Å²) in [4.78, 5) is 59.5. The largest absolute Gasteiger partial charge is 0.478 e. The lowest BCUT2D eigenvalue weighted by Crippen LogP contribution is -2.61. The van der Waals surface area contributed by atoms with Crippen LogP contribution in [0.4, 0.5) is 0 Å². The van der Waals surface area contributed by atoms with Crippen LogP contribution in [-0.4, -0.2) is 65.7 Å². The monoisotopic (exact) mass is 472 g/mol. The van der Waals surface area contributed by atoms with Crippen LogP contribution in [0.1, 0.15) is 66.2 Å². The van der Waals surface area contributed by atoms with Crippen LogP contribution >= 0.6 is 0 Å². The molecule has 0 bridgehead atoms. The van der Waals surface area contributed by atoms with Gasteiger partial charge in [0.15, 0.2) is 12.2 Å². The number of carboxylic acids is 1. The summed E-state index contributed by atoms with van der Waals surface area (Å²) in [5.74, 6) is -4.30. The molecule has 1 fully saturated rings. The molecule has 0 radical (unpaired) electrons. The van der Waals surface area contributed by atoms with E-state index in [-0.39, 0.29) is 19.3 Å². The van der Waals surface area contributed by atoms with Crippen molar-refractivity contribution in [3.63, 3.8) is 0 Å². The minimum Gasteiger partial charge on any atom is -0.478 e. The van der Waals surface area contributed by atoms with E-state index in [2.05, 4.69) is 0 Å². The predicted octanol–water partition coefficient (Wildman–Crippen LogP) is 2.05. The van der Waals surface area contributed by atoms with Crippen LogP contribution in [0.5, 0.6) is 0 Å². The molecule has 0 spiro atoms. The summed E-state index contributed by atoms with van der Waals surface area (Å²) >= 11 is 0. The molecule has 5 atom stereocenters. The minimum absolute atomic E-state index is 0.0293. The Morgan fingerprint density at radius 1 is 0.727 bits per heavy atom. The Labute approximate surface area is 192 Å². The third kappa shape index (κ3) is 9.60. The fourth-order valence-electron chi connectivity index (χ4n) is 3.03. The second-order valence-corrected chi connectivity index (χ2v) is 7.43. The van der Waals surface area contributed by atoms with Gasteiger partial charge < -0.3 is 28.8 Å². The molecule has 1 aliphatic rings. The zero-order valence-electron chi connectivity index (χ0n) is 19.3. The normalized spacial score (nSPS) is 24.7. The molecule has 1 saturated heterocycles. The van der Waals surface area contributed by atoms with Gasteiger partial charge in [-0.2, -0.15) is 0 Å². The number of carboxylic acid groups (broad SMARTS) is 1. The summed E-state index contributed by atoms with van der Waals surface area (Å²) in [6.07, 6.45) is -3.44. The Morgan fingerprint density at radius 3 is 1.64 bits per heavy atom. The van der Waals surface area contributed by atoms with Gasteiger partial charge in [-0.15, -0.1) is 0 Å². The number of ether oxygens (including phenoxy) is 5. The van der Waals surface area contributed by atoms with Crippen molar-refractivity contribution < 1.29 is 52.8 Å². The maximum Gasteiger partial charge on any atom is 0.333 e. The van der Waals surface area contributed by atoms with E-state index in [0.717, 1.165) is 0 Å². The van der Waals surface area contributed by atoms with E-state index < -0.39 is 60.6 Å². The molecule has 0 amide bonds. The Hall–Kier alpha value is -2.95. The van der Waals surface area contributed by atoms with Crippen LogP contribution in [0, 0.1) is 0 Å². The first-order valence-electron chi connectivity index (χ1n) is 11.0. The zero-order valence-corrected chi connectivity index (χ0v) is 19.3. The Bertz CT molecular complexity index is 730. The van der Waals surface area contributed by atoms with Gasteiger partial charge in [0.1, 0.15) is 0 Å². The van der Waals surface area contributed by atoms with Gasteiger partial charge in [-0.1, -0.05) is 20.8 Å². The lowest BCUT2D eigenvalue weighted by Gasteiger charge is -2.43. The van der Waals surface area contributed by atoms with Crippen LogP contribution in [-0.2, 0) is 47.7 Å². The third-order valence-electron chi connectivity index (χ3n) is 4.49. The summed E-state index contributed by atoms with van der Waals surface area (Å²) in [7, 11) is 0. The highest BCUT2D eigenvalue weighted by Gasteiger charge is 2.52. The van der Waals surface area contributed by atoms with Crippen molar-refractivity contribution in [2.45, 2.75) is 96.9 Å². The van der Waals surface area contributed by atoms with E-state index >= 15 is 0 Å². The number of carbonyl (C=O) groups excluding carboxylic acids is 4. The third-order valence-corrected chi connectivity index (χ3v) is 4.49. The molecule has 11 nitrogen and oxygen atoms in total. The van der Waals surface area contributed by atoms with Crippen molar-refractivity contribution in [1.29, 1.82) is 0 Å². The highest BCUT2D eigenvalue weighted by molar-refractivity contribution is 5.90. The van der Waals surface area contributed by atoms with Gasteiger partial charge in [0.05, 0.1) is 6.10 Å².